The molecule has 0 saturated carbocycles. The molecule has 1 aliphatic heterocycles. The minimum Gasteiger partial charge on any atom is -0.330 e. The summed E-state index contributed by atoms with van der Waals surface area (Å²) in [6.45, 7) is 2.56. The first-order valence-electron chi connectivity index (χ1n) is 9.23. The molecule has 0 bridgehead atoms. The maximum Gasteiger partial charge on any atom is 0.271 e. The van der Waals surface area contributed by atoms with Crippen molar-refractivity contribution < 1.29 is 13.3 Å². The summed E-state index contributed by atoms with van der Waals surface area (Å²) >= 11 is 0. The molecule has 1 saturated heterocycles. The van der Waals surface area contributed by atoms with Gasteiger partial charge in [0.2, 0.25) is 10.0 Å². The number of piperazine rings is 1. The van der Waals surface area contributed by atoms with Gasteiger partial charge in [-0.15, -0.1) is 0 Å². The van der Waals surface area contributed by atoms with Gasteiger partial charge < -0.3 is 4.57 Å². The van der Waals surface area contributed by atoms with Crippen LogP contribution in [0.3, 0.4) is 0 Å². The molecule has 0 N–H and O–H groups in total. The molecule has 1 aliphatic rings. The summed E-state index contributed by atoms with van der Waals surface area (Å²) < 4.78 is 28.9. The molecule has 4 rings (SSSR count). The second-order valence-electron chi connectivity index (χ2n) is 7.01. The Morgan fingerprint density at radius 3 is 2.41 bits per heavy atom. The normalized spacial score (nSPS) is 16.3. The molecular formula is C19H21N5O4S. The number of fused-ring (bicyclic) bond motifs is 1. The summed E-state index contributed by atoms with van der Waals surface area (Å²) in [5, 5.41) is 11.0. The number of benzene rings is 2. The molecule has 1 aromatic heterocycles. The maximum atomic E-state index is 12.7. The molecule has 0 radical (unpaired) electrons. The van der Waals surface area contributed by atoms with E-state index in [1.54, 1.807) is 36.4 Å². The van der Waals surface area contributed by atoms with Gasteiger partial charge in [0, 0.05) is 45.4 Å². The van der Waals surface area contributed by atoms with Crippen molar-refractivity contribution in [1.29, 1.82) is 0 Å². The number of aryl methyl sites for hydroxylation is 1. The van der Waals surface area contributed by atoms with Crippen LogP contribution < -0.4 is 0 Å². The molecule has 2 heterocycles. The van der Waals surface area contributed by atoms with Gasteiger partial charge in [0.1, 0.15) is 5.82 Å². The van der Waals surface area contributed by atoms with Crippen LogP contribution in [0, 0.1) is 10.1 Å². The number of nitro groups is 1. The fraction of sp³-hybridized carbons (Fsp3) is 0.316. The summed E-state index contributed by atoms with van der Waals surface area (Å²) in [6, 6.07) is 13.1. The van der Waals surface area contributed by atoms with Gasteiger partial charge in [0.25, 0.3) is 5.69 Å². The Hall–Kier alpha value is -2.82. The monoisotopic (exact) mass is 415 g/mol. The van der Waals surface area contributed by atoms with E-state index in [2.05, 4.69) is 9.88 Å². The number of hydrogen-bond acceptors (Lipinski definition) is 6. The molecule has 0 atom stereocenters. The van der Waals surface area contributed by atoms with E-state index in [0.717, 1.165) is 11.3 Å². The highest BCUT2D eigenvalue weighted by Crippen LogP contribution is 2.23. The number of nitro benzene ring substituents is 1. The van der Waals surface area contributed by atoms with Crippen molar-refractivity contribution in [2.24, 2.45) is 7.05 Å². The summed E-state index contributed by atoms with van der Waals surface area (Å²) in [5.74, 6) is 0.792. The minimum atomic E-state index is -3.48. The lowest BCUT2D eigenvalue weighted by Crippen LogP contribution is -2.48. The number of nitrogens with zero attached hydrogens (tertiary/aromatic N) is 5. The van der Waals surface area contributed by atoms with E-state index in [1.165, 1.54) is 16.4 Å². The second kappa shape index (κ2) is 7.54. The van der Waals surface area contributed by atoms with Crippen LogP contribution in [0.15, 0.2) is 53.4 Å². The van der Waals surface area contributed by atoms with E-state index in [1.807, 2.05) is 11.6 Å². The van der Waals surface area contributed by atoms with Crippen LogP contribution in [-0.4, -0.2) is 58.3 Å². The number of sulfonamides is 1. The van der Waals surface area contributed by atoms with Crippen LogP contribution in [0.2, 0.25) is 0 Å². The zero-order valence-electron chi connectivity index (χ0n) is 15.9. The highest BCUT2D eigenvalue weighted by atomic mass is 32.2. The molecule has 9 nitrogen and oxygen atoms in total. The van der Waals surface area contributed by atoms with Gasteiger partial charge in [-0.2, -0.15) is 4.31 Å². The Morgan fingerprint density at radius 1 is 1.07 bits per heavy atom. The molecule has 29 heavy (non-hydrogen) atoms. The fourth-order valence-corrected chi connectivity index (χ4v) is 5.01. The second-order valence-corrected chi connectivity index (χ2v) is 8.95. The number of hydrogen-bond donors (Lipinski definition) is 0. The van der Waals surface area contributed by atoms with Crippen molar-refractivity contribution in [2.45, 2.75) is 11.4 Å². The Morgan fingerprint density at radius 2 is 1.76 bits per heavy atom. The molecular weight excluding hydrogens is 394 g/mol. The van der Waals surface area contributed by atoms with E-state index in [4.69, 9.17) is 0 Å². The Balaban J connectivity index is 1.46. The lowest BCUT2D eigenvalue weighted by molar-refractivity contribution is -0.384. The Bertz CT molecular complexity index is 1150. The van der Waals surface area contributed by atoms with Crippen molar-refractivity contribution in [1.82, 2.24) is 18.8 Å². The van der Waals surface area contributed by atoms with E-state index >= 15 is 0 Å². The largest absolute Gasteiger partial charge is 0.330 e. The highest BCUT2D eigenvalue weighted by Gasteiger charge is 2.28. The molecule has 152 valence electrons. The van der Waals surface area contributed by atoms with Gasteiger partial charge >= 0.3 is 0 Å². The molecule has 10 heteroatoms. The number of rotatable bonds is 5. The average molecular weight is 415 g/mol. The van der Waals surface area contributed by atoms with Crippen LogP contribution in [-0.2, 0) is 23.6 Å². The van der Waals surface area contributed by atoms with Crippen molar-refractivity contribution in [3.8, 4) is 0 Å². The zero-order valence-corrected chi connectivity index (χ0v) is 16.7. The third kappa shape index (κ3) is 3.74. The van der Waals surface area contributed by atoms with Gasteiger partial charge in [-0.1, -0.05) is 18.2 Å². The third-order valence-electron chi connectivity index (χ3n) is 5.25. The quantitative estimate of drug-likeness (QED) is 0.467. The Labute approximate surface area is 168 Å². The van der Waals surface area contributed by atoms with E-state index in [-0.39, 0.29) is 5.69 Å². The first-order chi connectivity index (χ1) is 13.9. The van der Waals surface area contributed by atoms with E-state index < -0.39 is 14.9 Å². The zero-order chi connectivity index (χ0) is 20.6. The predicted octanol–water partition coefficient (Wildman–Crippen LogP) is 1.99. The van der Waals surface area contributed by atoms with Crippen LogP contribution in [0.1, 0.15) is 5.82 Å². The average Bonchev–Trinajstić information content (AvgIpc) is 3.04. The lowest BCUT2D eigenvalue weighted by atomic mass is 10.3. The molecule has 0 unspecified atom stereocenters. The first kappa shape index (κ1) is 19.5. The van der Waals surface area contributed by atoms with Gasteiger partial charge in [-0.25, -0.2) is 13.4 Å². The van der Waals surface area contributed by atoms with Crippen LogP contribution in [0.5, 0.6) is 0 Å². The molecule has 0 spiro atoms. The fourth-order valence-electron chi connectivity index (χ4n) is 3.56. The predicted molar refractivity (Wildman–Crippen MR) is 108 cm³/mol. The number of imidazole rings is 1. The van der Waals surface area contributed by atoms with Gasteiger partial charge in [-0.3, -0.25) is 15.0 Å². The highest BCUT2D eigenvalue weighted by molar-refractivity contribution is 7.89. The van der Waals surface area contributed by atoms with Gasteiger partial charge in [0.15, 0.2) is 0 Å². The third-order valence-corrected chi connectivity index (χ3v) is 7.16. The van der Waals surface area contributed by atoms with E-state index in [9.17, 15) is 18.5 Å². The SMILES string of the molecule is Cn1c(CN2CCN(S(=O)(=O)c3ccccc3)CC2)nc2cc([N+](=O)[O-])ccc21. The molecule has 0 aliphatic carbocycles. The van der Waals surface area contributed by atoms with Crippen LogP contribution in [0.4, 0.5) is 5.69 Å². The maximum absolute atomic E-state index is 12.7. The number of non-ortho nitro benzene ring substituents is 1. The van der Waals surface area contributed by atoms with Crippen LogP contribution >= 0.6 is 0 Å². The van der Waals surface area contributed by atoms with Crippen LogP contribution in [0.25, 0.3) is 11.0 Å². The van der Waals surface area contributed by atoms with E-state index in [0.29, 0.717) is 43.1 Å². The molecule has 1 fully saturated rings. The number of aromatic nitrogens is 2. The van der Waals surface area contributed by atoms with Gasteiger partial charge in [0.05, 0.1) is 27.4 Å². The molecule has 2 aromatic carbocycles. The van der Waals surface area contributed by atoms with Gasteiger partial charge in [-0.05, 0) is 18.2 Å². The van der Waals surface area contributed by atoms with Crippen molar-refractivity contribution in [3.63, 3.8) is 0 Å². The standard InChI is InChI=1S/C19H21N5O4S/c1-21-18-8-7-15(24(25)26)13-17(18)20-19(21)14-22-9-11-23(12-10-22)29(27,28)16-5-3-2-4-6-16/h2-8,13H,9-12,14H2,1H3. The first-order valence-corrected chi connectivity index (χ1v) is 10.7. The smallest absolute Gasteiger partial charge is 0.271 e. The lowest BCUT2D eigenvalue weighted by Gasteiger charge is -2.33. The summed E-state index contributed by atoms with van der Waals surface area (Å²) in [5.41, 5.74) is 1.43. The molecule has 0 amide bonds. The van der Waals surface area contributed by atoms with Crippen molar-refractivity contribution in [3.05, 3.63) is 64.5 Å². The topological polar surface area (TPSA) is 102 Å². The minimum absolute atomic E-state index is 0.0156. The summed E-state index contributed by atoms with van der Waals surface area (Å²) in [4.78, 5) is 17.6. The van der Waals surface area contributed by atoms with Crippen molar-refractivity contribution in [2.75, 3.05) is 26.2 Å². The summed E-state index contributed by atoms with van der Waals surface area (Å²) in [6.07, 6.45) is 0. The summed E-state index contributed by atoms with van der Waals surface area (Å²) in [7, 11) is -1.60. The Kier molecular flexibility index (Phi) is 5.07. The molecule has 3 aromatic rings. The van der Waals surface area contributed by atoms with Crippen molar-refractivity contribution >= 4 is 26.7 Å².